The van der Waals surface area contributed by atoms with Crippen LogP contribution >= 0.6 is 11.6 Å². The molecule has 3 aromatic rings. The summed E-state index contributed by atoms with van der Waals surface area (Å²) in [6.07, 6.45) is 0.857. The molecule has 2 aliphatic rings. The highest BCUT2D eigenvalue weighted by atomic mass is 35.5. The average molecular weight is 601 g/mol. The van der Waals surface area contributed by atoms with E-state index < -0.39 is 21.4 Å². The summed E-state index contributed by atoms with van der Waals surface area (Å²) in [7, 11) is -2.94. The number of halogens is 1. The summed E-state index contributed by atoms with van der Waals surface area (Å²) < 4.78 is 51.6. The van der Waals surface area contributed by atoms with E-state index in [1.165, 1.54) is 0 Å². The number of hydrogen-bond acceptors (Lipinski definition) is 8. The summed E-state index contributed by atoms with van der Waals surface area (Å²) in [5.74, 6) is 1.25. The van der Waals surface area contributed by atoms with Crippen molar-refractivity contribution in [3.05, 3.63) is 82.9 Å². The molecule has 5 rings (SSSR count). The van der Waals surface area contributed by atoms with Crippen molar-refractivity contribution in [3.8, 4) is 22.6 Å². The van der Waals surface area contributed by atoms with Crippen molar-refractivity contribution >= 4 is 27.4 Å². The molecule has 3 aromatic carbocycles. The summed E-state index contributed by atoms with van der Waals surface area (Å²) in [5, 5.41) is 0.554. The second kappa shape index (κ2) is 12.8. The molecular weight excluding hydrogens is 568 g/mol. The van der Waals surface area contributed by atoms with Crippen LogP contribution in [0.1, 0.15) is 30.9 Å². The van der Waals surface area contributed by atoms with Gasteiger partial charge in [-0.3, -0.25) is 0 Å². The van der Waals surface area contributed by atoms with Gasteiger partial charge >= 0.3 is 5.97 Å². The molecule has 0 aromatic heterocycles. The molecule has 0 spiro atoms. The first-order valence-electron chi connectivity index (χ1n) is 13.6. The van der Waals surface area contributed by atoms with Crippen LogP contribution in [0.15, 0.2) is 66.7 Å². The third-order valence-corrected chi connectivity index (χ3v) is 9.24. The summed E-state index contributed by atoms with van der Waals surface area (Å²) in [5.41, 5.74) is 3.06. The smallest absolute Gasteiger partial charge is 0.332 e. The lowest BCUT2D eigenvalue weighted by atomic mass is 9.91. The Bertz CT molecular complexity index is 1450. The lowest BCUT2D eigenvalue weighted by Crippen LogP contribution is -2.49. The number of carbonyl (C=O) groups excluding carboxylic acids is 1. The van der Waals surface area contributed by atoms with Gasteiger partial charge in [-0.1, -0.05) is 41.9 Å². The second-order valence-corrected chi connectivity index (χ2v) is 12.9. The van der Waals surface area contributed by atoms with E-state index in [0.717, 1.165) is 22.3 Å². The van der Waals surface area contributed by atoms with Gasteiger partial charge in [0.05, 0.1) is 36.3 Å². The number of carbonyl (C=O) groups is 1. The molecule has 0 unspecified atom stereocenters. The zero-order valence-electron chi connectivity index (χ0n) is 22.8. The van der Waals surface area contributed by atoms with Crippen molar-refractivity contribution in [1.29, 1.82) is 0 Å². The molecule has 0 aliphatic carbocycles. The van der Waals surface area contributed by atoms with E-state index in [9.17, 15) is 13.2 Å². The Labute approximate surface area is 245 Å². The molecule has 2 saturated heterocycles. The Morgan fingerprint density at radius 1 is 1.00 bits per heavy atom. The van der Waals surface area contributed by atoms with E-state index in [4.69, 9.17) is 35.3 Å². The van der Waals surface area contributed by atoms with Gasteiger partial charge in [-0.05, 0) is 72.9 Å². The SMILES string of the molecule is CCOC(=O)COC1(c2ccc(OCc3cccc(-c4ccc(OC5CCS(=O)(=O)CC5)cc4Cl)c3)cc2)COC1. The lowest BCUT2D eigenvalue weighted by molar-refractivity contribution is -0.221. The topological polar surface area (TPSA) is 97.4 Å². The fourth-order valence-corrected chi connectivity index (χ4v) is 6.58. The molecule has 0 atom stereocenters. The maximum atomic E-state index is 11.7. The Hall–Kier alpha value is -3.11. The summed E-state index contributed by atoms with van der Waals surface area (Å²) in [6.45, 7) is 3.06. The summed E-state index contributed by atoms with van der Waals surface area (Å²) in [6, 6.07) is 21.1. The summed E-state index contributed by atoms with van der Waals surface area (Å²) in [4.78, 5) is 11.7. The molecule has 41 heavy (non-hydrogen) atoms. The van der Waals surface area contributed by atoms with Crippen molar-refractivity contribution in [2.45, 2.75) is 38.1 Å². The third kappa shape index (κ3) is 7.40. The molecule has 8 nitrogen and oxygen atoms in total. The highest BCUT2D eigenvalue weighted by Gasteiger charge is 2.42. The van der Waals surface area contributed by atoms with Gasteiger partial charge in [-0.15, -0.1) is 0 Å². The molecule has 0 radical (unpaired) electrons. The van der Waals surface area contributed by atoms with Gasteiger partial charge in [-0.25, -0.2) is 13.2 Å². The highest BCUT2D eigenvalue weighted by Crippen LogP contribution is 2.35. The molecule has 2 heterocycles. The van der Waals surface area contributed by atoms with Gasteiger partial charge in [0, 0.05) is 5.56 Å². The number of ether oxygens (including phenoxy) is 5. The van der Waals surface area contributed by atoms with E-state index in [1.54, 1.807) is 13.0 Å². The standard InChI is InChI=1S/C31H33ClO8S/c1-2-37-30(33)19-39-31(20-36-21-31)24-6-8-25(9-7-24)38-18-22-4-3-5-23(16-22)28-11-10-27(17-29(28)32)40-26-12-14-41(34,35)15-13-26/h3-11,16-17,26H,2,12-15,18-21H2,1H3. The van der Waals surface area contributed by atoms with E-state index >= 15 is 0 Å². The zero-order chi connectivity index (χ0) is 28.9. The molecule has 2 aliphatic heterocycles. The number of rotatable bonds is 11. The predicted molar refractivity (Wildman–Crippen MR) is 155 cm³/mol. The minimum absolute atomic E-state index is 0.125. The molecule has 10 heteroatoms. The van der Waals surface area contributed by atoms with Crippen LogP contribution in [0.2, 0.25) is 5.02 Å². The van der Waals surface area contributed by atoms with E-state index in [1.807, 2.05) is 60.7 Å². The van der Waals surface area contributed by atoms with Gasteiger partial charge in [0.25, 0.3) is 0 Å². The Kier molecular flexibility index (Phi) is 9.19. The number of hydrogen-bond donors (Lipinski definition) is 0. The fraction of sp³-hybridized carbons (Fsp3) is 0.387. The quantitative estimate of drug-likeness (QED) is 0.272. The van der Waals surface area contributed by atoms with Crippen LogP contribution in [0, 0.1) is 0 Å². The van der Waals surface area contributed by atoms with E-state index in [2.05, 4.69) is 0 Å². The van der Waals surface area contributed by atoms with Crippen molar-refractivity contribution in [2.24, 2.45) is 0 Å². The van der Waals surface area contributed by atoms with Gasteiger partial charge in [0.2, 0.25) is 0 Å². The monoisotopic (exact) mass is 600 g/mol. The van der Waals surface area contributed by atoms with Crippen molar-refractivity contribution < 1.29 is 36.9 Å². The minimum atomic E-state index is -2.94. The lowest BCUT2D eigenvalue weighted by Gasteiger charge is -2.41. The van der Waals surface area contributed by atoms with E-state index in [0.29, 0.717) is 55.8 Å². The predicted octanol–water partition coefficient (Wildman–Crippen LogP) is 5.35. The summed E-state index contributed by atoms with van der Waals surface area (Å²) >= 11 is 6.62. The van der Waals surface area contributed by atoms with Crippen LogP contribution in [-0.2, 0) is 41.1 Å². The number of benzene rings is 3. The molecule has 0 bridgehead atoms. The molecule has 0 amide bonds. The number of sulfone groups is 1. The van der Waals surface area contributed by atoms with Gasteiger partial charge < -0.3 is 23.7 Å². The van der Waals surface area contributed by atoms with Crippen LogP contribution in [0.4, 0.5) is 0 Å². The van der Waals surface area contributed by atoms with Gasteiger partial charge in [-0.2, -0.15) is 0 Å². The second-order valence-electron chi connectivity index (χ2n) is 10.2. The fourth-order valence-electron chi connectivity index (χ4n) is 4.85. The molecule has 2 fully saturated rings. The van der Waals surface area contributed by atoms with Crippen LogP contribution in [0.25, 0.3) is 11.1 Å². The molecule has 0 saturated carbocycles. The first kappa shape index (κ1) is 29.4. The first-order valence-corrected chi connectivity index (χ1v) is 15.8. The van der Waals surface area contributed by atoms with Crippen LogP contribution < -0.4 is 9.47 Å². The van der Waals surface area contributed by atoms with Crippen LogP contribution in [-0.4, -0.2) is 58.4 Å². The highest BCUT2D eigenvalue weighted by molar-refractivity contribution is 7.91. The maximum absolute atomic E-state index is 11.7. The Morgan fingerprint density at radius 3 is 2.39 bits per heavy atom. The average Bonchev–Trinajstić information content (AvgIpc) is 2.93. The van der Waals surface area contributed by atoms with Crippen LogP contribution in [0.5, 0.6) is 11.5 Å². The molecular formula is C31H33ClO8S. The third-order valence-electron chi connectivity index (χ3n) is 7.21. The Morgan fingerprint density at radius 2 is 1.73 bits per heavy atom. The Balaban J connectivity index is 1.18. The number of esters is 1. The largest absolute Gasteiger partial charge is 0.490 e. The van der Waals surface area contributed by atoms with Crippen LogP contribution in [0.3, 0.4) is 0 Å². The molecule has 0 N–H and O–H groups in total. The van der Waals surface area contributed by atoms with E-state index in [-0.39, 0.29) is 24.2 Å². The zero-order valence-corrected chi connectivity index (χ0v) is 24.4. The van der Waals surface area contributed by atoms with Gasteiger partial charge in [0.15, 0.2) is 9.84 Å². The maximum Gasteiger partial charge on any atom is 0.332 e. The first-order chi connectivity index (χ1) is 19.7. The van der Waals surface area contributed by atoms with Crippen molar-refractivity contribution in [2.75, 3.05) is 37.9 Å². The normalized spacial score (nSPS) is 17.8. The minimum Gasteiger partial charge on any atom is -0.490 e. The van der Waals surface area contributed by atoms with Crippen molar-refractivity contribution in [3.63, 3.8) is 0 Å². The van der Waals surface area contributed by atoms with Crippen molar-refractivity contribution in [1.82, 2.24) is 0 Å². The molecule has 218 valence electrons. The van der Waals surface area contributed by atoms with Gasteiger partial charge in [0.1, 0.15) is 36.4 Å².